The molecule has 4 nitrogen and oxygen atoms in total. The molecule has 1 aliphatic carbocycles. The Morgan fingerprint density at radius 3 is 2.33 bits per heavy atom. The Kier molecular flexibility index (Phi) is 3.87. The highest BCUT2D eigenvalue weighted by atomic mass is 15.8. The molecule has 0 saturated heterocycles. The molecular weight excluding hydrogens is 260 g/mol. The summed E-state index contributed by atoms with van der Waals surface area (Å²) in [5, 5.41) is 13.3. The number of anilines is 1. The van der Waals surface area contributed by atoms with Gasteiger partial charge in [-0.05, 0) is 44.0 Å². The van der Waals surface area contributed by atoms with E-state index in [9.17, 15) is 0 Å². The van der Waals surface area contributed by atoms with Crippen LogP contribution in [0.3, 0.4) is 0 Å². The van der Waals surface area contributed by atoms with Crippen molar-refractivity contribution in [2.24, 2.45) is 15.9 Å². The van der Waals surface area contributed by atoms with Gasteiger partial charge in [0.2, 0.25) is 0 Å². The molecule has 1 aromatic rings. The van der Waals surface area contributed by atoms with Gasteiger partial charge in [0.1, 0.15) is 6.17 Å². The monoisotopic (exact) mass is 286 g/mol. The maximum atomic E-state index is 4.49. The highest BCUT2D eigenvalue weighted by molar-refractivity contribution is 5.46. The summed E-state index contributed by atoms with van der Waals surface area (Å²) in [6, 6.07) is 10.8. The Morgan fingerprint density at radius 2 is 1.71 bits per heavy atom. The summed E-state index contributed by atoms with van der Waals surface area (Å²) in [5.41, 5.74) is 1.39. The fraction of sp³-hybridized carbons (Fsp3) is 0.647. The molecule has 1 fully saturated rings. The van der Waals surface area contributed by atoms with Gasteiger partial charge in [-0.1, -0.05) is 49.6 Å². The molecule has 1 atom stereocenters. The number of benzene rings is 1. The lowest BCUT2D eigenvalue weighted by Crippen LogP contribution is -2.53. The van der Waals surface area contributed by atoms with Crippen molar-refractivity contribution in [3.63, 3.8) is 0 Å². The molecule has 2 aliphatic rings. The SMILES string of the molecule is CC(C)N1N=NN(c2ccccc2)C1C1(C)CCCCC1. The molecule has 0 spiro atoms. The molecule has 0 N–H and O–H groups in total. The lowest BCUT2D eigenvalue weighted by Gasteiger charge is -2.45. The molecule has 1 aromatic carbocycles. The smallest absolute Gasteiger partial charge is 0.148 e. The Balaban J connectivity index is 1.94. The van der Waals surface area contributed by atoms with Gasteiger partial charge in [-0.15, -0.1) is 0 Å². The number of para-hydroxylation sites is 1. The molecule has 1 aliphatic heterocycles. The zero-order valence-corrected chi connectivity index (χ0v) is 13.4. The first-order valence-electron chi connectivity index (χ1n) is 8.16. The van der Waals surface area contributed by atoms with Crippen molar-refractivity contribution in [1.82, 2.24) is 5.01 Å². The molecule has 3 rings (SSSR count). The van der Waals surface area contributed by atoms with Crippen LogP contribution >= 0.6 is 0 Å². The van der Waals surface area contributed by atoms with Crippen LogP contribution in [0.5, 0.6) is 0 Å². The normalized spacial score (nSPS) is 24.9. The average Bonchev–Trinajstić information content (AvgIpc) is 2.95. The van der Waals surface area contributed by atoms with Gasteiger partial charge in [0.25, 0.3) is 0 Å². The van der Waals surface area contributed by atoms with E-state index in [1.54, 1.807) is 0 Å². The molecule has 0 radical (unpaired) electrons. The molecule has 0 aromatic heterocycles. The minimum atomic E-state index is 0.236. The van der Waals surface area contributed by atoms with Crippen LogP contribution in [0.25, 0.3) is 0 Å². The van der Waals surface area contributed by atoms with Gasteiger partial charge in [-0.25, -0.2) is 10.0 Å². The van der Waals surface area contributed by atoms with Crippen LogP contribution in [0, 0.1) is 5.41 Å². The van der Waals surface area contributed by atoms with Gasteiger partial charge < -0.3 is 0 Å². The molecule has 0 bridgehead atoms. The minimum absolute atomic E-state index is 0.236. The molecule has 4 heteroatoms. The first-order chi connectivity index (χ1) is 10.1. The maximum absolute atomic E-state index is 4.49. The Hall–Kier alpha value is -1.58. The third kappa shape index (κ3) is 2.63. The van der Waals surface area contributed by atoms with Crippen molar-refractivity contribution in [2.45, 2.75) is 65.1 Å². The van der Waals surface area contributed by atoms with Crippen molar-refractivity contribution in [2.75, 3.05) is 5.01 Å². The van der Waals surface area contributed by atoms with E-state index in [0.29, 0.717) is 6.04 Å². The second-order valence-corrected chi connectivity index (χ2v) is 6.92. The third-order valence-electron chi connectivity index (χ3n) is 4.89. The lowest BCUT2D eigenvalue weighted by atomic mass is 9.72. The van der Waals surface area contributed by atoms with Crippen LogP contribution < -0.4 is 5.01 Å². The molecule has 1 heterocycles. The Morgan fingerprint density at radius 1 is 1.05 bits per heavy atom. The fourth-order valence-corrected chi connectivity index (χ4v) is 3.69. The standard InChI is InChI=1S/C17H26N4/c1-14(2)20-16(17(3)12-8-5-9-13-17)21(19-18-20)15-10-6-4-7-11-15/h4,6-7,10-11,14,16H,5,8-9,12-13H2,1-3H3. The largest absolute Gasteiger partial charge is 0.250 e. The van der Waals surface area contributed by atoms with Crippen molar-refractivity contribution >= 4 is 5.69 Å². The van der Waals surface area contributed by atoms with Crippen molar-refractivity contribution < 1.29 is 0 Å². The van der Waals surface area contributed by atoms with Gasteiger partial charge in [0.15, 0.2) is 0 Å². The molecule has 1 saturated carbocycles. The van der Waals surface area contributed by atoms with E-state index in [1.165, 1.54) is 32.1 Å². The first-order valence-corrected chi connectivity index (χ1v) is 8.16. The highest BCUT2D eigenvalue weighted by Crippen LogP contribution is 2.45. The molecule has 1 unspecified atom stereocenters. The summed E-state index contributed by atoms with van der Waals surface area (Å²) in [6.45, 7) is 6.82. The molecular formula is C17H26N4. The molecule has 114 valence electrons. The zero-order chi connectivity index (χ0) is 14.9. The van der Waals surface area contributed by atoms with Crippen LogP contribution in [0.1, 0.15) is 52.9 Å². The summed E-state index contributed by atoms with van der Waals surface area (Å²) < 4.78 is 0. The van der Waals surface area contributed by atoms with E-state index in [-0.39, 0.29) is 11.6 Å². The van der Waals surface area contributed by atoms with Crippen molar-refractivity contribution in [3.8, 4) is 0 Å². The number of hydrogen-bond acceptors (Lipinski definition) is 4. The van der Waals surface area contributed by atoms with Crippen LogP contribution in [-0.4, -0.2) is 17.2 Å². The number of hydrogen-bond donors (Lipinski definition) is 0. The highest BCUT2D eigenvalue weighted by Gasteiger charge is 2.46. The quantitative estimate of drug-likeness (QED) is 0.799. The van der Waals surface area contributed by atoms with Crippen LogP contribution in [0.15, 0.2) is 40.8 Å². The summed E-state index contributed by atoms with van der Waals surface area (Å²) >= 11 is 0. The number of rotatable bonds is 3. The predicted octanol–water partition coefficient (Wildman–Crippen LogP) is 4.80. The van der Waals surface area contributed by atoms with E-state index >= 15 is 0 Å². The van der Waals surface area contributed by atoms with Crippen molar-refractivity contribution in [3.05, 3.63) is 30.3 Å². The Labute approximate surface area is 127 Å². The predicted molar refractivity (Wildman–Crippen MR) is 85.7 cm³/mol. The second kappa shape index (κ2) is 5.66. The zero-order valence-electron chi connectivity index (χ0n) is 13.4. The van der Waals surface area contributed by atoms with E-state index in [2.05, 4.69) is 65.5 Å². The molecule has 0 amide bonds. The summed E-state index contributed by atoms with van der Waals surface area (Å²) in [7, 11) is 0. The van der Waals surface area contributed by atoms with E-state index in [0.717, 1.165) is 5.69 Å². The van der Waals surface area contributed by atoms with Crippen LogP contribution in [0.2, 0.25) is 0 Å². The van der Waals surface area contributed by atoms with Crippen LogP contribution in [-0.2, 0) is 0 Å². The summed E-state index contributed by atoms with van der Waals surface area (Å²) in [6.07, 6.45) is 6.76. The number of nitrogens with zero attached hydrogens (tertiary/aromatic N) is 4. The van der Waals surface area contributed by atoms with Gasteiger partial charge in [-0.2, -0.15) is 0 Å². The van der Waals surface area contributed by atoms with Gasteiger partial charge in [0.05, 0.1) is 5.69 Å². The topological polar surface area (TPSA) is 31.2 Å². The maximum Gasteiger partial charge on any atom is 0.148 e. The minimum Gasteiger partial charge on any atom is -0.250 e. The van der Waals surface area contributed by atoms with Gasteiger partial charge in [0, 0.05) is 11.5 Å². The average molecular weight is 286 g/mol. The first kappa shape index (κ1) is 14.4. The lowest BCUT2D eigenvalue weighted by molar-refractivity contribution is 0.0434. The molecule has 21 heavy (non-hydrogen) atoms. The second-order valence-electron chi connectivity index (χ2n) is 6.92. The Bertz CT molecular complexity index is 491. The van der Waals surface area contributed by atoms with E-state index in [1.807, 2.05) is 6.07 Å². The summed E-state index contributed by atoms with van der Waals surface area (Å²) in [4.78, 5) is 0. The van der Waals surface area contributed by atoms with E-state index < -0.39 is 0 Å². The van der Waals surface area contributed by atoms with Crippen LogP contribution in [0.4, 0.5) is 5.69 Å². The fourth-order valence-electron chi connectivity index (χ4n) is 3.69. The summed E-state index contributed by atoms with van der Waals surface area (Å²) in [5.74, 6) is 0. The van der Waals surface area contributed by atoms with Gasteiger partial charge >= 0.3 is 0 Å². The van der Waals surface area contributed by atoms with Gasteiger partial charge in [-0.3, -0.25) is 0 Å². The van der Waals surface area contributed by atoms with E-state index in [4.69, 9.17) is 0 Å². The van der Waals surface area contributed by atoms with Crippen molar-refractivity contribution in [1.29, 1.82) is 0 Å². The third-order valence-corrected chi connectivity index (χ3v) is 4.89.